The summed E-state index contributed by atoms with van der Waals surface area (Å²) in [5, 5.41) is 10.4. The Morgan fingerprint density at radius 1 is 1.17 bits per heavy atom. The monoisotopic (exact) mass is 319 g/mol. The van der Waals surface area contributed by atoms with Gasteiger partial charge in [-0.1, -0.05) is 12.1 Å². The van der Waals surface area contributed by atoms with Gasteiger partial charge in [-0.05, 0) is 47.5 Å². The maximum Gasteiger partial charge on any atom is 0.339 e. The van der Waals surface area contributed by atoms with Crippen LogP contribution in [0.15, 0.2) is 64.2 Å². The van der Waals surface area contributed by atoms with Gasteiger partial charge in [0, 0.05) is 11.6 Å². The van der Waals surface area contributed by atoms with Crippen molar-refractivity contribution >= 4 is 28.7 Å². The number of furan rings is 1. The van der Waals surface area contributed by atoms with E-state index in [-0.39, 0.29) is 5.56 Å². The van der Waals surface area contributed by atoms with Crippen molar-refractivity contribution in [3.05, 3.63) is 65.9 Å². The van der Waals surface area contributed by atoms with Crippen LogP contribution in [0.25, 0.3) is 16.5 Å². The number of benzene rings is 2. The molecular weight excluding hydrogens is 306 g/mol. The average Bonchev–Trinajstić information content (AvgIpc) is 3.26. The minimum atomic E-state index is -1.04. The SMILES string of the molecule is O=C(O)c1cc(C2=CCN=C2)ccc1Oc1ccc2occc2c1. The molecule has 1 aromatic heterocycles. The molecule has 0 unspecified atom stereocenters. The molecule has 1 aliphatic heterocycles. The summed E-state index contributed by atoms with van der Waals surface area (Å²) < 4.78 is 11.1. The van der Waals surface area contributed by atoms with Crippen molar-refractivity contribution < 1.29 is 19.1 Å². The molecule has 2 heterocycles. The first kappa shape index (κ1) is 14.3. The molecule has 0 saturated carbocycles. The quantitative estimate of drug-likeness (QED) is 0.774. The molecule has 118 valence electrons. The topological polar surface area (TPSA) is 72.0 Å². The Labute approximate surface area is 137 Å². The van der Waals surface area contributed by atoms with Crippen LogP contribution in [0.5, 0.6) is 11.5 Å². The minimum absolute atomic E-state index is 0.112. The van der Waals surface area contributed by atoms with E-state index >= 15 is 0 Å². The summed E-state index contributed by atoms with van der Waals surface area (Å²) in [7, 11) is 0. The second kappa shape index (κ2) is 5.70. The number of carbonyl (C=O) groups is 1. The van der Waals surface area contributed by atoms with Gasteiger partial charge in [0.25, 0.3) is 0 Å². The van der Waals surface area contributed by atoms with Gasteiger partial charge in [-0.25, -0.2) is 4.79 Å². The summed E-state index contributed by atoms with van der Waals surface area (Å²) in [6, 6.07) is 12.3. The Bertz CT molecular complexity index is 998. The maximum absolute atomic E-state index is 11.6. The van der Waals surface area contributed by atoms with Crippen molar-refractivity contribution in [3.63, 3.8) is 0 Å². The molecule has 0 amide bonds. The molecule has 0 spiro atoms. The third kappa shape index (κ3) is 2.56. The van der Waals surface area contributed by atoms with E-state index in [4.69, 9.17) is 9.15 Å². The number of rotatable bonds is 4. The first-order valence-electron chi connectivity index (χ1n) is 7.43. The average molecular weight is 319 g/mol. The Balaban J connectivity index is 1.71. The van der Waals surface area contributed by atoms with E-state index < -0.39 is 5.97 Å². The molecule has 0 saturated heterocycles. The van der Waals surface area contributed by atoms with Gasteiger partial charge in [0.05, 0.1) is 12.8 Å². The lowest BCUT2D eigenvalue weighted by atomic mass is 10.0. The number of aromatic carboxylic acids is 1. The highest BCUT2D eigenvalue weighted by molar-refractivity contribution is 6.12. The molecule has 5 nitrogen and oxygen atoms in total. The zero-order valence-electron chi connectivity index (χ0n) is 12.6. The number of hydrogen-bond donors (Lipinski definition) is 1. The molecule has 0 fully saturated rings. The van der Waals surface area contributed by atoms with Gasteiger partial charge in [-0.2, -0.15) is 0 Å². The highest BCUT2D eigenvalue weighted by Crippen LogP contribution is 2.30. The van der Waals surface area contributed by atoms with E-state index in [1.165, 1.54) is 0 Å². The third-order valence-corrected chi connectivity index (χ3v) is 3.84. The Morgan fingerprint density at radius 2 is 2.08 bits per heavy atom. The van der Waals surface area contributed by atoms with Crippen molar-refractivity contribution in [1.82, 2.24) is 0 Å². The van der Waals surface area contributed by atoms with Crippen molar-refractivity contribution in [1.29, 1.82) is 0 Å². The first-order valence-corrected chi connectivity index (χ1v) is 7.43. The molecule has 2 aromatic carbocycles. The summed E-state index contributed by atoms with van der Waals surface area (Å²) in [4.78, 5) is 15.7. The number of nitrogens with zero attached hydrogens (tertiary/aromatic N) is 1. The number of allylic oxidation sites excluding steroid dienone is 1. The molecular formula is C19H13NO4. The Hall–Kier alpha value is -3.34. The summed E-state index contributed by atoms with van der Waals surface area (Å²) in [5.41, 5.74) is 2.60. The van der Waals surface area contributed by atoms with Gasteiger partial charge >= 0.3 is 5.97 Å². The molecule has 0 atom stereocenters. The molecule has 0 radical (unpaired) electrons. The van der Waals surface area contributed by atoms with Crippen molar-refractivity contribution in [3.8, 4) is 11.5 Å². The van der Waals surface area contributed by atoms with Crippen LogP contribution >= 0.6 is 0 Å². The van der Waals surface area contributed by atoms with Crippen LogP contribution in [-0.2, 0) is 0 Å². The van der Waals surface area contributed by atoms with Gasteiger partial charge in [0.1, 0.15) is 22.6 Å². The van der Waals surface area contributed by atoms with Crippen molar-refractivity contribution in [2.45, 2.75) is 0 Å². The Morgan fingerprint density at radius 3 is 2.88 bits per heavy atom. The second-order valence-electron chi connectivity index (χ2n) is 5.39. The van der Waals surface area contributed by atoms with Crippen LogP contribution < -0.4 is 4.74 Å². The molecule has 3 aromatic rings. The van der Waals surface area contributed by atoms with Crippen LogP contribution in [0.1, 0.15) is 15.9 Å². The van der Waals surface area contributed by atoms with Crippen LogP contribution in [0.3, 0.4) is 0 Å². The van der Waals surface area contributed by atoms with E-state index in [9.17, 15) is 9.90 Å². The van der Waals surface area contributed by atoms with Crippen molar-refractivity contribution in [2.24, 2.45) is 4.99 Å². The van der Waals surface area contributed by atoms with Gasteiger partial charge in [0.15, 0.2) is 0 Å². The normalized spacial score (nSPS) is 13.2. The number of carboxylic acids is 1. The fraction of sp³-hybridized carbons (Fsp3) is 0.0526. The van der Waals surface area contributed by atoms with Crippen LogP contribution in [-0.4, -0.2) is 23.8 Å². The van der Waals surface area contributed by atoms with E-state index in [2.05, 4.69) is 4.99 Å². The number of hydrogen-bond acceptors (Lipinski definition) is 4. The lowest BCUT2D eigenvalue weighted by Gasteiger charge is -2.10. The van der Waals surface area contributed by atoms with E-state index in [1.807, 2.05) is 24.3 Å². The van der Waals surface area contributed by atoms with Crippen LogP contribution in [0, 0.1) is 0 Å². The van der Waals surface area contributed by atoms with Crippen molar-refractivity contribution in [2.75, 3.05) is 6.54 Å². The summed E-state index contributed by atoms with van der Waals surface area (Å²) >= 11 is 0. The second-order valence-corrected chi connectivity index (χ2v) is 5.39. The van der Waals surface area contributed by atoms with E-state index in [0.29, 0.717) is 18.0 Å². The molecule has 24 heavy (non-hydrogen) atoms. The first-order chi connectivity index (χ1) is 11.7. The molecule has 4 rings (SSSR count). The fourth-order valence-corrected chi connectivity index (χ4v) is 2.65. The number of carboxylic acid groups (broad SMARTS) is 1. The highest BCUT2D eigenvalue weighted by Gasteiger charge is 2.15. The summed E-state index contributed by atoms with van der Waals surface area (Å²) in [6.45, 7) is 0.626. The van der Waals surface area contributed by atoms with Crippen LogP contribution in [0.4, 0.5) is 0 Å². The summed E-state index contributed by atoms with van der Waals surface area (Å²) in [5.74, 6) is -0.183. The predicted molar refractivity (Wildman–Crippen MR) is 91.0 cm³/mol. The molecule has 1 N–H and O–H groups in total. The standard InChI is InChI=1S/C19H13NO4/c21-19(22)16-10-12(14-5-7-20-11-14)1-3-18(16)24-15-2-4-17-13(9-15)6-8-23-17/h1-6,8-11H,7H2,(H,21,22). The predicted octanol–water partition coefficient (Wildman–Crippen LogP) is 4.39. The lowest BCUT2D eigenvalue weighted by Crippen LogP contribution is -2.01. The van der Waals surface area contributed by atoms with Crippen LogP contribution in [0.2, 0.25) is 0 Å². The number of aliphatic imine (C=N–C) groups is 1. The molecule has 5 heteroatoms. The van der Waals surface area contributed by atoms with Gasteiger partial charge < -0.3 is 14.3 Å². The lowest BCUT2D eigenvalue weighted by molar-refractivity contribution is 0.0694. The molecule has 1 aliphatic rings. The highest BCUT2D eigenvalue weighted by atomic mass is 16.5. The third-order valence-electron chi connectivity index (χ3n) is 3.84. The Kier molecular flexibility index (Phi) is 3.39. The maximum atomic E-state index is 11.6. The molecule has 0 aliphatic carbocycles. The zero-order valence-corrected chi connectivity index (χ0v) is 12.6. The number of ether oxygens (including phenoxy) is 1. The van der Waals surface area contributed by atoms with Gasteiger partial charge in [-0.15, -0.1) is 0 Å². The smallest absolute Gasteiger partial charge is 0.339 e. The minimum Gasteiger partial charge on any atom is -0.478 e. The number of fused-ring (bicyclic) bond motifs is 1. The largest absolute Gasteiger partial charge is 0.478 e. The fourth-order valence-electron chi connectivity index (χ4n) is 2.65. The van der Waals surface area contributed by atoms with Gasteiger partial charge in [0.2, 0.25) is 0 Å². The summed E-state index contributed by atoms with van der Waals surface area (Å²) in [6.07, 6.45) is 5.30. The van der Waals surface area contributed by atoms with Gasteiger partial charge in [-0.3, -0.25) is 4.99 Å². The molecule has 0 bridgehead atoms. The zero-order chi connectivity index (χ0) is 16.5. The van der Waals surface area contributed by atoms with E-state index in [0.717, 1.165) is 22.1 Å². The van der Waals surface area contributed by atoms with E-state index in [1.54, 1.807) is 36.7 Å².